The highest BCUT2D eigenvalue weighted by Gasteiger charge is 2.27. The summed E-state index contributed by atoms with van der Waals surface area (Å²) in [5.41, 5.74) is 2.56. The van der Waals surface area contributed by atoms with E-state index in [0.29, 0.717) is 24.5 Å². The molecule has 0 spiro atoms. The van der Waals surface area contributed by atoms with Gasteiger partial charge in [-0.2, -0.15) is 5.10 Å². The molecule has 3 rings (SSSR count). The number of carbonyl (C=O) groups is 1. The summed E-state index contributed by atoms with van der Waals surface area (Å²) in [6, 6.07) is 5.23. The SMILES string of the molecule is Cc1cc(C)n(-c2ccc(NC(=O)[C@H]3C[C@@H](O)CN3)cn2)n1. The zero-order chi connectivity index (χ0) is 15.7. The average Bonchev–Trinajstić information content (AvgIpc) is 3.05. The summed E-state index contributed by atoms with van der Waals surface area (Å²) in [4.78, 5) is 16.4. The molecule has 2 atom stereocenters. The van der Waals surface area contributed by atoms with E-state index in [2.05, 4.69) is 20.7 Å². The van der Waals surface area contributed by atoms with Crippen molar-refractivity contribution in [3.63, 3.8) is 0 Å². The monoisotopic (exact) mass is 301 g/mol. The van der Waals surface area contributed by atoms with E-state index in [1.54, 1.807) is 16.9 Å². The summed E-state index contributed by atoms with van der Waals surface area (Å²) in [6.07, 6.45) is 1.58. The number of aryl methyl sites for hydroxylation is 2. The summed E-state index contributed by atoms with van der Waals surface area (Å²) in [7, 11) is 0. The average molecular weight is 301 g/mol. The van der Waals surface area contributed by atoms with E-state index >= 15 is 0 Å². The van der Waals surface area contributed by atoms with Crippen molar-refractivity contribution in [2.75, 3.05) is 11.9 Å². The summed E-state index contributed by atoms with van der Waals surface area (Å²) >= 11 is 0. The van der Waals surface area contributed by atoms with Crippen molar-refractivity contribution < 1.29 is 9.90 Å². The number of β-amino-alcohol motifs (C(OH)–C–C–N with tert-alkyl or cyclic N) is 1. The third kappa shape index (κ3) is 3.00. The van der Waals surface area contributed by atoms with Gasteiger partial charge in [-0.3, -0.25) is 4.79 Å². The molecule has 2 aromatic heterocycles. The second-order valence-electron chi connectivity index (χ2n) is 5.58. The van der Waals surface area contributed by atoms with Crippen molar-refractivity contribution in [1.29, 1.82) is 0 Å². The first-order chi connectivity index (χ1) is 10.5. The fraction of sp³-hybridized carbons (Fsp3) is 0.400. The summed E-state index contributed by atoms with van der Waals surface area (Å²) in [5.74, 6) is 0.551. The fourth-order valence-electron chi connectivity index (χ4n) is 2.59. The van der Waals surface area contributed by atoms with Crippen molar-refractivity contribution >= 4 is 11.6 Å². The van der Waals surface area contributed by atoms with Crippen LogP contribution in [0, 0.1) is 13.8 Å². The first-order valence-corrected chi connectivity index (χ1v) is 7.25. The molecule has 2 aromatic rings. The molecule has 1 amide bonds. The molecular formula is C15H19N5O2. The highest BCUT2D eigenvalue weighted by molar-refractivity contribution is 5.95. The molecule has 1 aliphatic heterocycles. The van der Waals surface area contributed by atoms with Gasteiger partial charge >= 0.3 is 0 Å². The van der Waals surface area contributed by atoms with E-state index in [1.807, 2.05) is 26.0 Å². The van der Waals surface area contributed by atoms with Crippen LogP contribution in [0.1, 0.15) is 17.8 Å². The van der Waals surface area contributed by atoms with Gasteiger partial charge in [0.2, 0.25) is 5.91 Å². The van der Waals surface area contributed by atoms with Gasteiger partial charge in [-0.25, -0.2) is 9.67 Å². The maximum atomic E-state index is 12.0. The number of pyridine rings is 1. The number of carbonyl (C=O) groups excluding carboxylic acids is 1. The minimum Gasteiger partial charge on any atom is -0.392 e. The second-order valence-corrected chi connectivity index (χ2v) is 5.58. The molecule has 116 valence electrons. The molecule has 7 nitrogen and oxygen atoms in total. The van der Waals surface area contributed by atoms with Gasteiger partial charge in [0.05, 0.1) is 29.7 Å². The van der Waals surface area contributed by atoms with Crippen LogP contribution in [0.15, 0.2) is 24.4 Å². The lowest BCUT2D eigenvalue weighted by molar-refractivity contribution is -0.117. The minimum atomic E-state index is -0.456. The number of hydrogen-bond acceptors (Lipinski definition) is 5. The largest absolute Gasteiger partial charge is 0.392 e. The third-order valence-electron chi connectivity index (χ3n) is 3.67. The lowest BCUT2D eigenvalue weighted by Crippen LogP contribution is -2.35. The van der Waals surface area contributed by atoms with E-state index < -0.39 is 6.10 Å². The Bertz CT molecular complexity index is 680. The van der Waals surface area contributed by atoms with Crippen molar-refractivity contribution in [2.45, 2.75) is 32.4 Å². The Balaban J connectivity index is 1.69. The molecule has 0 aromatic carbocycles. The number of amides is 1. The van der Waals surface area contributed by atoms with Gasteiger partial charge in [0, 0.05) is 12.2 Å². The molecule has 0 unspecified atom stereocenters. The van der Waals surface area contributed by atoms with Crippen LogP contribution in [0.25, 0.3) is 5.82 Å². The first-order valence-electron chi connectivity index (χ1n) is 7.25. The normalized spacial score (nSPS) is 21.0. The van der Waals surface area contributed by atoms with Gasteiger partial charge in [0.15, 0.2) is 5.82 Å². The second kappa shape index (κ2) is 5.86. The van der Waals surface area contributed by atoms with Crippen LogP contribution in [-0.2, 0) is 4.79 Å². The van der Waals surface area contributed by atoms with Gasteiger partial charge in [-0.05, 0) is 38.5 Å². The van der Waals surface area contributed by atoms with Crippen LogP contribution in [0.2, 0.25) is 0 Å². The van der Waals surface area contributed by atoms with Crippen molar-refractivity contribution in [3.05, 3.63) is 35.8 Å². The lowest BCUT2D eigenvalue weighted by atomic mass is 10.2. The zero-order valence-corrected chi connectivity index (χ0v) is 12.6. The minimum absolute atomic E-state index is 0.155. The number of aliphatic hydroxyl groups is 1. The summed E-state index contributed by atoms with van der Waals surface area (Å²) in [5, 5.41) is 19.6. The van der Waals surface area contributed by atoms with Gasteiger partial charge in [-0.1, -0.05) is 0 Å². The maximum Gasteiger partial charge on any atom is 0.241 e. The smallest absolute Gasteiger partial charge is 0.241 e. The van der Waals surface area contributed by atoms with Crippen molar-refractivity contribution in [3.8, 4) is 5.82 Å². The van der Waals surface area contributed by atoms with Crippen LogP contribution in [0.4, 0.5) is 5.69 Å². The Morgan fingerprint density at radius 2 is 2.27 bits per heavy atom. The highest BCUT2D eigenvalue weighted by atomic mass is 16.3. The molecule has 3 heterocycles. The first kappa shape index (κ1) is 14.7. The van der Waals surface area contributed by atoms with E-state index in [1.165, 1.54) is 0 Å². The summed E-state index contributed by atoms with van der Waals surface area (Å²) < 4.78 is 1.76. The quantitative estimate of drug-likeness (QED) is 0.770. The number of anilines is 1. The van der Waals surface area contributed by atoms with E-state index in [-0.39, 0.29) is 11.9 Å². The molecule has 0 bridgehead atoms. The van der Waals surface area contributed by atoms with Gasteiger partial charge in [0.25, 0.3) is 0 Å². The number of hydrogen-bond donors (Lipinski definition) is 3. The van der Waals surface area contributed by atoms with Crippen LogP contribution in [0.3, 0.4) is 0 Å². The highest BCUT2D eigenvalue weighted by Crippen LogP contribution is 2.14. The molecule has 1 fully saturated rings. The molecule has 0 saturated carbocycles. The third-order valence-corrected chi connectivity index (χ3v) is 3.67. The molecule has 1 aliphatic rings. The van der Waals surface area contributed by atoms with E-state index in [9.17, 15) is 9.90 Å². The molecular weight excluding hydrogens is 282 g/mol. The Kier molecular flexibility index (Phi) is 3.91. The standard InChI is InChI=1S/C15H19N5O2/c1-9-5-10(2)20(19-9)14-4-3-11(7-17-14)18-15(22)13-6-12(21)8-16-13/h3-5,7,12-13,16,21H,6,8H2,1-2H3,(H,18,22)/t12-,13-/m1/s1. The van der Waals surface area contributed by atoms with E-state index in [4.69, 9.17) is 0 Å². The van der Waals surface area contributed by atoms with Crippen LogP contribution in [-0.4, -0.2) is 44.5 Å². The Morgan fingerprint density at radius 1 is 1.45 bits per heavy atom. The number of nitrogens with zero attached hydrogens (tertiary/aromatic N) is 3. The molecule has 7 heteroatoms. The molecule has 22 heavy (non-hydrogen) atoms. The van der Waals surface area contributed by atoms with Gasteiger partial charge < -0.3 is 15.7 Å². The fourth-order valence-corrected chi connectivity index (χ4v) is 2.59. The Morgan fingerprint density at radius 3 is 2.82 bits per heavy atom. The van der Waals surface area contributed by atoms with Gasteiger partial charge in [-0.15, -0.1) is 0 Å². The number of aromatic nitrogens is 3. The Hall–Kier alpha value is -2.25. The number of nitrogens with one attached hydrogen (secondary N) is 2. The topological polar surface area (TPSA) is 92.1 Å². The van der Waals surface area contributed by atoms with Crippen molar-refractivity contribution in [1.82, 2.24) is 20.1 Å². The maximum absolute atomic E-state index is 12.0. The molecule has 0 radical (unpaired) electrons. The molecule has 1 saturated heterocycles. The number of aliphatic hydroxyl groups excluding tert-OH is 1. The predicted molar refractivity (Wildman–Crippen MR) is 81.9 cm³/mol. The van der Waals surface area contributed by atoms with E-state index in [0.717, 1.165) is 11.4 Å². The number of rotatable bonds is 3. The lowest BCUT2D eigenvalue weighted by Gasteiger charge is -2.11. The zero-order valence-electron chi connectivity index (χ0n) is 12.6. The summed E-state index contributed by atoms with van der Waals surface area (Å²) in [6.45, 7) is 4.35. The van der Waals surface area contributed by atoms with Gasteiger partial charge in [0.1, 0.15) is 0 Å². The van der Waals surface area contributed by atoms with Crippen LogP contribution in [0.5, 0.6) is 0 Å². The molecule has 3 N–H and O–H groups in total. The Labute approximate surface area is 128 Å². The van der Waals surface area contributed by atoms with Crippen LogP contribution < -0.4 is 10.6 Å². The van der Waals surface area contributed by atoms with Crippen LogP contribution >= 0.6 is 0 Å². The van der Waals surface area contributed by atoms with Crippen molar-refractivity contribution in [2.24, 2.45) is 0 Å². The predicted octanol–water partition coefficient (Wildman–Crippen LogP) is 0.545. The molecule has 0 aliphatic carbocycles.